The minimum absolute atomic E-state index is 0.137. The molecule has 1 saturated heterocycles. The minimum Gasteiger partial charge on any atom is -0.474 e. The van der Waals surface area contributed by atoms with E-state index >= 15 is 0 Å². The molecule has 0 N–H and O–H groups in total. The Labute approximate surface area is 193 Å². The lowest BCUT2D eigenvalue weighted by Crippen LogP contribution is -2.42. The maximum Gasteiger partial charge on any atom is 0.242 e. The monoisotopic (exact) mass is 474 g/mol. The van der Waals surface area contributed by atoms with Gasteiger partial charge in [-0.3, -0.25) is 0 Å². The summed E-state index contributed by atoms with van der Waals surface area (Å²) in [4.78, 5) is 12.7. The van der Waals surface area contributed by atoms with E-state index in [0.29, 0.717) is 11.9 Å². The van der Waals surface area contributed by atoms with Gasteiger partial charge in [0.25, 0.3) is 0 Å². The van der Waals surface area contributed by atoms with Crippen molar-refractivity contribution in [1.29, 1.82) is 0 Å². The van der Waals surface area contributed by atoms with Crippen LogP contribution in [0, 0.1) is 0 Å². The molecule has 0 spiro atoms. The second-order valence-corrected chi connectivity index (χ2v) is 12.2. The van der Waals surface area contributed by atoms with Crippen molar-refractivity contribution in [2.75, 3.05) is 27.2 Å². The van der Waals surface area contributed by atoms with E-state index in [-0.39, 0.29) is 11.0 Å². The minimum atomic E-state index is -3.52. The number of piperidine rings is 1. The fraction of sp³-hybridized carbons (Fsp3) is 0.565. The number of sulfonamides is 1. The van der Waals surface area contributed by atoms with E-state index in [1.165, 1.54) is 48.0 Å². The Balaban J connectivity index is 1.40. The lowest BCUT2D eigenvalue weighted by Gasteiger charge is -2.38. The van der Waals surface area contributed by atoms with Crippen molar-refractivity contribution in [2.24, 2.45) is 0 Å². The zero-order valence-electron chi connectivity index (χ0n) is 18.7. The molecule has 1 saturated carbocycles. The predicted molar refractivity (Wildman–Crippen MR) is 128 cm³/mol. The van der Waals surface area contributed by atoms with Crippen LogP contribution in [0.2, 0.25) is 0 Å². The fourth-order valence-electron chi connectivity index (χ4n) is 4.99. The molecular formula is C23H30N4O3S2. The van der Waals surface area contributed by atoms with Crippen LogP contribution in [0.3, 0.4) is 0 Å². The van der Waals surface area contributed by atoms with E-state index in [2.05, 4.69) is 14.9 Å². The molecule has 0 amide bonds. The van der Waals surface area contributed by atoms with Gasteiger partial charge in [-0.1, -0.05) is 6.42 Å². The van der Waals surface area contributed by atoms with Gasteiger partial charge in [0.15, 0.2) is 0 Å². The molecule has 3 heterocycles. The average molecular weight is 475 g/mol. The highest BCUT2D eigenvalue weighted by atomic mass is 32.2. The number of hydrogen-bond donors (Lipinski definition) is 0. The molecule has 32 heavy (non-hydrogen) atoms. The molecule has 0 radical (unpaired) electrons. The summed E-state index contributed by atoms with van der Waals surface area (Å²) >= 11 is 1.54. The van der Waals surface area contributed by atoms with Crippen molar-refractivity contribution in [2.45, 2.75) is 62.0 Å². The van der Waals surface area contributed by atoms with Crippen LogP contribution in [0.15, 0.2) is 29.4 Å². The molecule has 9 heteroatoms. The van der Waals surface area contributed by atoms with Gasteiger partial charge in [0.2, 0.25) is 15.9 Å². The first kappa shape index (κ1) is 22.0. The van der Waals surface area contributed by atoms with Gasteiger partial charge in [-0.15, -0.1) is 11.3 Å². The molecule has 2 aliphatic rings. The van der Waals surface area contributed by atoms with Crippen molar-refractivity contribution < 1.29 is 13.2 Å². The molecule has 0 unspecified atom stereocenters. The van der Waals surface area contributed by atoms with Gasteiger partial charge in [0, 0.05) is 30.2 Å². The van der Waals surface area contributed by atoms with Crippen molar-refractivity contribution in [3.63, 3.8) is 0 Å². The number of ether oxygens (including phenoxy) is 1. The highest BCUT2D eigenvalue weighted by molar-refractivity contribution is 7.89. The SMILES string of the molecule is CN(C)S(=O)(=O)c1ccc2sc3ncnc(O[C@H]4CC[C@H](N5CCCCC5)CC4)c3c2c1. The largest absolute Gasteiger partial charge is 0.474 e. The van der Waals surface area contributed by atoms with E-state index in [0.717, 1.165) is 46.0 Å². The number of benzene rings is 1. The lowest BCUT2D eigenvalue weighted by molar-refractivity contribution is 0.0757. The molecule has 3 aromatic rings. The van der Waals surface area contributed by atoms with Gasteiger partial charge in [-0.25, -0.2) is 22.7 Å². The average Bonchev–Trinajstić information content (AvgIpc) is 3.19. The van der Waals surface area contributed by atoms with E-state index in [4.69, 9.17) is 4.74 Å². The molecule has 1 aliphatic carbocycles. The van der Waals surface area contributed by atoms with Crippen LogP contribution in [0.4, 0.5) is 0 Å². The normalized spacial score (nSPS) is 23.2. The van der Waals surface area contributed by atoms with Crippen molar-refractivity contribution in [3.05, 3.63) is 24.5 Å². The highest BCUT2D eigenvalue weighted by Gasteiger charge is 2.28. The van der Waals surface area contributed by atoms with E-state index in [9.17, 15) is 8.42 Å². The van der Waals surface area contributed by atoms with Gasteiger partial charge in [-0.2, -0.15) is 0 Å². The number of rotatable bonds is 5. The number of hydrogen-bond acceptors (Lipinski definition) is 7. The first-order chi connectivity index (χ1) is 15.4. The molecular weight excluding hydrogens is 444 g/mol. The molecule has 7 nitrogen and oxygen atoms in total. The summed E-state index contributed by atoms with van der Waals surface area (Å²) in [6.07, 6.45) is 10.1. The standard InChI is InChI=1S/C23H30N4O3S2/c1-26(2)32(28,29)18-10-11-20-19(14-18)21-22(24-15-25-23(21)31-20)30-17-8-6-16(7-9-17)27-12-4-3-5-13-27/h10-11,14-17H,3-9,12-13H2,1-2H3/t16-,17-. The zero-order chi connectivity index (χ0) is 22.3. The molecule has 0 atom stereocenters. The Morgan fingerprint density at radius 2 is 1.81 bits per heavy atom. The van der Waals surface area contributed by atoms with Gasteiger partial charge >= 0.3 is 0 Å². The van der Waals surface area contributed by atoms with E-state index < -0.39 is 10.0 Å². The van der Waals surface area contributed by atoms with E-state index in [1.54, 1.807) is 32.6 Å². The van der Waals surface area contributed by atoms with E-state index in [1.807, 2.05) is 6.07 Å². The van der Waals surface area contributed by atoms with Crippen LogP contribution in [0.5, 0.6) is 5.88 Å². The topological polar surface area (TPSA) is 75.6 Å². The van der Waals surface area contributed by atoms with Crippen LogP contribution in [-0.4, -0.2) is 66.9 Å². The third-order valence-electron chi connectivity index (χ3n) is 6.81. The summed E-state index contributed by atoms with van der Waals surface area (Å²) in [5.74, 6) is 0.571. The van der Waals surface area contributed by atoms with Crippen molar-refractivity contribution in [3.8, 4) is 5.88 Å². The van der Waals surface area contributed by atoms with Gasteiger partial charge in [0.05, 0.1) is 10.3 Å². The van der Waals surface area contributed by atoms with Gasteiger partial charge < -0.3 is 9.64 Å². The number of thiophene rings is 1. The molecule has 1 aromatic carbocycles. The summed E-state index contributed by atoms with van der Waals surface area (Å²) in [6, 6.07) is 5.92. The number of likely N-dealkylation sites (tertiary alicyclic amines) is 1. The Hall–Kier alpha value is -1.81. The molecule has 2 aromatic heterocycles. The molecule has 2 fully saturated rings. The maximum atomic E-state index is 12.7. The van der Waals surface area contributed by atoms with Crippen molar-refractivity contribution in [1.82, 2.24) is 19.2 Å². The van der Waals surface area contributed by atoms with Crippen molar-refractivity contribution >= 4 is 41.7 Å². The fourth-order valence-corrected chi connectivity index (χ4v) is 6.93. The van der Waals surface area contributed by atoms with Gasteiger partial charge in [-0.05, 0) is 69.8 Å². The van der Waals surface area contributed by atoms with Gasteiger partial charge in [0.1, 0.15) is 17.3 Å². The summed E-state index contributed by atoms with van der Waals surface area (Å²) in [5.41, 5.74) is 0. The molecule has 5 rings (SSSR count). The number of aromatic nitrogens is 2. The third-order valence-corrected chi connectivity index (χ3v) is 9.70. The smallest absolute Gasteiger partial charge is 0.242 e. The van der Waals surface area contributed by atoms with Crippen LogP contribution in [0.1, 0.15) is 44.9 Å². The zero-order valence-corrected chi connectivity index (χ0v) is 20.3. The quantitative estimate of drug-likeness (QED) is 0.550. The molecule has 0 bridgehead atoms. The Morgan fingerprint density at radius 3 is 2.53 bits per heavy atom. The number of nitrogens with zero attached hydrogens (tertiary/aromatic N) is 4. The third kappa shape index (κ3) is 4.11. The van der Waals surface area contributed by atoms with Crippen LogP contribution in [0.25, 0.3) is 20.3 Å². The lowest BCUT2D eigenvalue weighted by atomic mass is 9.90. The Kier molecular flexibility index (Phi) is 6.09. The first-order valence-corrected chi connectivity index (χ1v) is 13.7. The number of fused-ring (bicyclic) bond motifs is 3. The molecule has 172 valence electrons. The second kappa shape index (κ2) is 8.85. The Bertz CT molecular complexity index is 1210. The predicted octanol–water partition coefficient (Wildman–Crippen LogP) is 4.27. The highest BCUT2D eigenvalue weighted by Crippen LogP contribution is 2.39. The summed E-state index contributed by atoms with van der Waals surface area (Å²) < 4.78 is 34.0. The summed E-state index contributed by atoms with van der Waals surface area (Å²) in [5, 5.41) is 1.66. The summed E-state index contributed by atoms with van der Waals surface area (Å²) in [7, 11) is -0.431. The summed E-state index contributed by atoms with van der Waals surface area (Å²) in [6.45, 7) is 2.48. The second-order valence-electron chi connectivity index (χ2n) is 9.05. The van der Waals surface area contributed by atoms with Crippen LogP contribution < -0.4 is 4.74 Å². The van der Waals surface area contributed by atoms with Crippen LogP contribution in [-0.2, 0) is 10.0 Å². The maximum absolute atomic E-state index is 12.7. The first-order valence-electron chi connectivity index (χ1n) is 11.4. The Morgan fingerprint density at radius 1 is 1.06 bits per heavy atom. The molecule has 1 aliphatic heterocycles. The van der Waals surface area contributed by atoms with Crippen LogP contribution >= 0.6 is 11.3 Å².